The summed E-state index contributed by atoms with van der Waals surface area (Å²) in [5.74, 6) is 0.113. The molecule has 0 saturated heterocycles. The molecule has 0 saturated carbocycles. The van der Waals surface area contributed by atoms with Crippen LogP contribution < -0.4 is 20.1 Å². The molecule has 0 unspecified atom stereocenters. The zero-order chi connectivity index (χ0) is 45.9. The number of hydrogen-bond acceptors (Lipinski definition) is 12. The molecule has 0 atom stereocenters. The molecule has 0 spiro atoms. The minimum atomic E-state index is -0.403. The second kappa shape index (κ2) is 19.6. The van der Waals surface area contributed by atoms with Crippen LogP contribution >= 0.6 is 47.0 Å². The van der Waals surface area contributed by atoms with Crippen molar-refractivity contribution in [3.05, 3.63) is 70.8 Å². The number of ether oxygens (including phenoxy) is 2. The van der Waals surface area contributed by atoms with Crippen molar-refractivity contribution in [3.8, 4) is 23.0 Å². The standard InChI is InChI=1S/C48H62N2O8S4/c1-45(2,3)27-17-31-41(55)32(18-27)60-36-22-30(48(10,11)12)24-38(44(36)58-26-40(54)50-14-16-52)62-34-20-28(46(4,5)6)19-33(42(34)56)61-37-23-29(47(7,8)9)21-35(59-31)43(37)57-25-39(53)49-13-15-51/h17-24,51-52,55-56H,13-16,25-26H2,1-12H3,(H,49,53)(H,50,54). The van der Waals surface area contributed by atoms with Gasteiger partial charge in [0, 0.05) is 13.1 Å². The number of hydrogen-bond donors (Lipinski definition) is 6. The van der Waals surface area contributed by atoms with Gasteiger partial charge in [-0.3, -0.25) is 9.59 Å². The highest BCUT2D eigenvalue weighted by molar-refractivity contribution is 8.01. The third-order valence-corrected chi connectivity index (χ3v) is 14.2. The lowest BCUT2D eigenvalue weighted by Gasteiger charge is -2.27. The maximum Gasteiger partial charge on any atom is 0.258 e. The number of aromatic hydroxyl groups is 2. The average molecular weight is 923 g/mol. The number of rotatable bonds is 10. The molecule has 62 heavy (non-hydrogen) atoms. The monoisotopic (exact) mass is 922 g/mol. The summed E-state index contributed by atoms with van der Waals surface area (Å²) in [7, 11) is 0. The number of phenolic OH excluding ortho intramolecular Hbond substituents is 2. The SMILES string of the molecule is CC(C)(C)c1cc2c(O)c(c1)Sc1cc(C(C)(C)C)cc(c1OCC(=O)NCCO)Sc1cc(C(C)(C)C)cc(c1O)Sc1cc(C(C)(C)C)cc(c1OCC(=O)NCCO)S2. The lowest BCUT2D eigenvalue weighted by molar-refractivity contribution is -0.124. The molecule has 1 aliphatic heterocycles. The minimum Gasteiger partial charge on any atom is -0.506 e. The Morgan fingerprint density at radius 3 is 0.887 bits per heavy atom. The van der Waals surface area contributed by atoms with Crippen LogP contribution in [0.2, 0.25) is 0 Å². The summed E-state index contributed by atoms with van der Waals surface area (Å²) in [5, 5.41) is 48.9. The maximum atomic E-state index is 13.0. The molecule has 4 aromatic rings. The van der Waals surface area contributed by atoms with E-state index >= 15 is 0 Å². The molecule has 0 aliphatic carbocycles. The Bertz CT molecular complexity index is 2050. The number of carbonyl (C=O) groups is 2. The zero-order valence-corrected chi connectivity index (χ0v) is 41.2. The van der Waals surface area contributed by atoms with Gasteiger partial charge in [0.1, 0.15) is 23.0 Å². The highest BCUT2D eigenvalue weighted by Gasteiger charge is 2.30. The van der Waals surface area contributed by atoms with Crippen LogP contribution in [0.5, 0.6) is 23.0 Å². The topological polar surface area (TPSA) is 158 Å². The van der Waals surface area contributed by atoms with E-state index in [1.54, 1.807) is 0 Å². The van der Waals surface area contributed by atoms with E-state index in [-0.39, 0.29) is 72.7 Å². The van der Waals surface area contributed by atoms with Crippen molar-refractivity contribution in [3.63, 3.8) is 0 Å². The molecule has 14 heteroatoms. The first kappa shape index (κ1) is 49.4. The Morgan fingerprint density at radius 2 is 0.677 bits per heavy atom. The number of nitrogens with one attached hydrogen (secondary N) is 2. The lowest BCUT2D eigenvalue weighted by atomic mass is 9.87. The zero-order valence-electron chi connectivity index (χ0n) is 37.9. The molecular formula is C48H62N2O8S4. The van der Waals surface area contributed by atoms with E-state index in [0.29, 0.717) is 50.7 Å². The van der Waals surface area contributed by atoms with Gasteiger partial charge in [-0.15, -0.1) is 0 Å². The summed E-state index contributed by atoms with van der Waals surface area (Å²) in [6.07, 6.45) is 0. The second-order valence-electron chi connectivity index (χ2n) is 19.4. The van der Waals surface area contributed by atoms with Crippen molar-refractivity contribution in [1.82, 2.24) is 10.6 Å². The number of amides is 2. The Labute approximate surface area is 384 Å². The van der Waals surface area contributed by atoms with Crippen molar-refractivity contribution in [2.75, 3.05) is 39.5 Å². The Hall–Kier alpha value is -3.66. The number of fused-ring (bicyclic) bond motifs is 8. The summed E-state index contributed by atoms with van der Waals surface area (Å²) in [5.41, 5.74) is 2.59. The first-order valence-electron chi connectivity index (χ1n) is 20.6. The first-order chi connectivity index (χ1) is 28.8. The van der Waals surface area contributed by atoms with Crippen LogP contribution in [0.4, 0.5) is 0 Å². The molecule has 0 fully saturated rings. The molecule has 8 bridgehead atoms. The quantitative estimate of drug-likeness (QED) is 0.0789. The summed E-state index contributed by atoms with van der Waals surface area (Å²) < 4.78 is 12.9. The van der Waals surface area contributed by atoms with Gasteiger partial charge in [-0.05, 0) is 92.4 Å². The van der Waals surface area contributed by atoms with Crippen molar-refractivity contribution in [2.24, 2.45) is 0 Å². The van der Waals surface area contributed by atoms with E-state index in [1.807, 2.05) is 48.5 Å². The van der Waals surface area contributed by atoms with E-state index in [1.165, 1.54) is 47.0 Å². The second-order valence-corrected chi connectivity index (χ2v) is 23.7. The van der Waals surface area contributed by atoms with E-state index in [4.69, 9.17) is 9.47 Å². The maximum absolute atomic E-state index is 13.0. The van der Waals surface area contributed by atoms with E-state index in [9.17, 15) is 30.0 Å². The van der Waals surface area contributed by atoms with Gasteiger partial charge in [-0.2, -0.15) is 0 Å². The highest BCUT2D eigenvalue weighted by Crippen LogP contribution is 2.56. The van der Waals surface area contributed by atoms with Gasteiger partial charge in [-0.25, -0.2) is 0 Å². The molecule has 0 aromatic heterocycles. The molecule has 1 aliphatic rings. The van der Waals surface area contributed by atoms with Gasteiger partial charge in [-0.1, -0.05) is 130 Å². The van der Waals surface area contributed by atoms with E-state index in [0.717, 1.165) is 22.3 Å². The lowest BCUT2D eigenvalue weighted by Crippen LogP contribution is -2.31. The van der Waals surface area contributed by atoms with Crippen LogP contribution in [-0.4, -0.2) is 71.8 Å². The van der Waals surface area contributed by atoms with E-state index in [2.05, 4.69) is 93.7 Å². The third-order valence-electron chi connectivity index (χ3n) is 10.0. The number of phenols is 2. The molecule has 2 amide bonds. The third kappa shape index (κ3) is 12.3. The van der Waals surface area contributed by atoms with E-state index < -0.39 is 11.8 Å². The summed E-state index contributed by atoms with van der Waals surface area (Å²) >= 11 is 5.34. The van der Waals surface area contributed by atoms with Crippen LogP contribution in [0.25, 0.3) is 0 Å². The van der Waals surface area contributed by atoms with Crippen molar-refractivity contribution >= 4 is 58.9 Å². The molecule has 0 radical (unpaired) electrons. The van der Waals surface area contributed by atoms with Crippen LogP contribution in [0, 0.1) is 0 Å². The van der Waals surface area contributed by atoms with Crippen molar-refractivity contribution < 1.29 is 39.5 Å². The smallest absolute Gasteiger partial charge is 0.258 e. The summed E-state index contributed by atoms with van der Waals surface area (Å²) in [6, 6.07) is 16.1. The molecular weight excluding hydrogens is 861 g/mol. The Morgan fingerprint density at radius 1 is 0.452 bits per heavy atom. The number of aliphatic hydroxyl groups excluding tert-OH is 2. The van der Waals surface area contributed by atoms with Crippen LogP contribution in [-0.2, 0) is 31.2 Å². The van der Waals surface area contributed by atoms with Gasteiger partial charge in [0.15, 0.2) is 13.2 Å². The molecule has 5 rings (SSSR count). The average Bonchev–Trinajstić information content (AvgIpc) is 3.16. The van der Waals surface area contributed by atoms with Gasteiger partial charge in [0.05, 0.1) is 52.4 Å². The van der Waals surface area contributed by atoms with Gasteiger partial charge in [0.2, 0.25) is 0 Å². The van der Waals surface area contributed by atoms with Gasteiger partial charge in [0.25, 0.3) is 11.8 Å². The van der Waals surface area contributed by atoms with Crippen molar-refractivity contribution in [2.45, 2.75) is 144 Å². The Balaban J connectivity index is 1.91. The predicted octanol–water partition coefficient (Wildman–Crippen LogP) is 10.2. The normalized spacial score (nSPS) is 13.4. The minimum absolute atomic E-state index is 0.0433. The number of carbonyl (C=O) groups excluding carboxylic acids is 2. The highest BCUT2D eigenvalue weighted by atomic mass is 32.2. The fourth-order valence-electron chi connectivity index (χ4n) is 6.19. The number of aliphatic hydroxyl groups is 2. The predicted molar refractivity (Wildman–Crippen MR) is 252 cm³/mol. The van der Waals surface area contributed by atoms with Crippen LogP contribution in [0.1, 0.15) is 105 Å². The molecule has 336 valence electrons. The summed E-state index contributed by atoms with van der Waals surface area (Å²) in [4.78, 5) is 30.9. The Kier molecular flexibility index (Phi) is 15.6. The van der Waals surface area contributed by atoms with Gasteiger partial charge >= 0.3 is 0 Å². The largest absolute Gasteiger partial charge is 0.506 e. The van der Waals surface area contributed by atoms with Crippen LogP contribution in [0.3, 0.4) is 0 Å². The molecule has 6 N–H and O–H groups in total. The molecule has 4 aromatic carbocycles. The first-order valence-corrected chi connectivity index (χ1v) is 23.9. The molecule has 1 heterocycles. The fraction of sp³-hybridized carbons (Fsp3) is 0.458. The van der Waals surface area contributed by atoms with Crippen LogP contribution in [0.15, 0.2) is 87.7 Å². The summed E-state index contributed by atoms with van der Waals surface area (Å²) in [6.45, 7) is 24.5. The fourth-order valence-corrected chi connectivity index (χ4v) is 10.8. The van der Waals surface area contributed by atoms with Crippen molar-refractivity contribution in [1.29, 1.82) is 0 Å². The van der Waals surface area contributed by atoms with Gasteiger partial charge < -0.3 is 40.5 Å². The number of benzene rings is 4. The molecule has 10 nitrogen and oxygen atoms in total.